The highest BCUT2D eigenvalue weighted by molar-refractivity contribution is 8.76. The summed E-state index contributed by atoms with van der Waals surface area (Å²) in [5, 5.41) is 2.72. The van der Waals surface area contributed by atoms with E-state index in [0.717, 1.165) is 96.4 Å². The third kappa shape index (κ3) is 42.1. The molecule has 0 saturated carbocycles. The molecule has 0 fully saturated rings. The molecule has 0 aromatic rings. The number of amides is 2. The first-order chi connectivity index (χ1) is 27.8. The van der Waals surface area contributed by atoms with E-state index in [2.05, 4.69) is 19.2 Å². The van der Waals surface area contributed by atoms with Crippen LogP contribution in [-0.4, -0.2) is 112 Å². The molecule has 0 aromatic carbocycles. The molecular formula is C44H85N3O8S2. The average molecular weight is 848 g/mol. The van der Waals surface area contributed by atoms with Crippen LogP contribution in [0.3, 0.4) is 0 Å². The van der Waals surface area contributed by atoms with Crippen molar-refractivity contribution < 1.29 is 38.1 Å². The maximum Gasteiger partial charge on any atom is 0.409 e. The van der Waals surface area contributed by atoms with E-state index in [0.29, 0.717) is 70.4 Å². The maximum atomic E-state index is 13.1. The number of carbonyl (C=O) groups excluding carboxylic acids is 4. The van der Waals surface area contributed by atoms with E-state index in [1.54, 1.807) is 21.6 Å². The molecule has 2 amide bonds. The van der Waals surface area contributed by atoms with Crippen LogP contribution in [0.2, 0.25) is 0 Å². The molecule has 0 bridgehead atoms. The van der Waals surface area contributed by atoms with Gasteiger partial charge in [-0.1, -0.05) is 151 Å². The van der Waals surface area contributed by atoms with Crippen LogP contribution in [0, 0.1) is 0 Å². The number of rotatable bonds is 42. The van der Waals surface area contributed by atoms with Gasteiger partial charge in [-0.3, -0.25) is 9.59 Å². The van der Waals surface area contributed by atoms with Crippen LogP contribution in [0.25, 0.3) is 0 Å². The molecule has 0 unspecified atom stereocenters. The van der Waals surface area contributed by atoms with Crippen molar-refractivity contribution in [3.63, 3.8) is 0 Å². The number of alkyl carbamates (subject to hydrolysis) is 1. The number of hydrogen-bond donors (Lipinski definition) is 1. The minimum absolute atomic E-state index is 0.0860. The molecule has 11 nitrogen and oxygen atoms in total. The van der Waals surface area contributed by atoms with Crippen molar-refractivity contribution in [3.05, 3.63) is 0 Å². The van der Waals surface area contributed by atoms with Gasteiger partial charge in [0.1, 0.15) is 13.2 Å². The standard InChI is InChI=1S/C44H85N3O8S2/c1-5-7-9-11-13-21-27-35-52-41(48)29-23-17-15-19-25-32-47(44(51)55-38-40-57-56-39-37-54-43(50)45-31-34-46(3)4)33-26-20-16-18-24-30-42(49)53-36-28-22-14-12-10-8-6-2/h5-40H2,1-4H3,(H,45,50). The van der Waals surface area contributed by atoms with Crippen LogP contribution in [0.5, 0.6) is 0 Å². The second-order valence-electron chi connectivity index (χ2n) is 15.3. The maximum absolute atomic E-state index is 13.1. The molecule has 0 aromatic heterocycles. The Balaban J connectivity index is 4.30. The summed E-state index contributed by atoms with van der Waals surface area (Å²) in [6.07, 6.45) is 26.6. The molecular weight excluding hydrogens is 763 g/mol. The normalized spacial score (nSPS) is 11.1. The fourth-order valence-electron chi connectivity index (χ4n) is 6.11. The minimum Gasteiger partial charge on any atom is -0.466 e. The third-order valence-corrected chi connectivity index (χ3v) is 11.9. The molecule has 1 N–H and O–H groups in total. The SMILES string of the molecule is CCCCCCCCCOC(=O)CCCCCCCN(CCCCCCCC(=O)OCCCCCCCCC)C(=O)OCCSSCCOC(=O)NCCN(C)C. The van der Waals surface area contributed by atoms with Crippen molar-refractivity contribution >= 4 is 45.7 Å². The third-order valence-electron chi connectivity index (χ3n) is 9.60. The average Bonchev–Trinajstić information content (AvgIpc) is 3.19. The van der Waals surface area contributed by atoms with E-state index in [1.807, 2.05) is 23.9 Å². The Kier molecular flexibility index (Phi) is 42.3. The van der Waals surface area contributed by atoms with Gasteiger partial charge in [0.05, 0.1) is 13.2 Å². The predicted octanol–water partition coefficient (Wildman–Crippen LogP) is 11.4. The molecule has 0 saturated heterocycles. The van der Waals surface area contributed by atoms with E-state index < -0.39 is 6.09 Å². The van der Waals surface area contributed by atoms with Crippen molar-refractivity contribution in [2.24, 2.45) is 0 Å². The van der Waals surface area contributed by atoms with Gasteiger partial charge < -0.3 is 34.1 Å². The first-order valence-electron chi connectivity index (χ1n) is 22.8. The van der Waals surface area contributed by atoms with Crippen LogP contribution in [0.4, 0.5) is 9.59 Å². The number of nitrogens with one attached hydrogen (secondary N) is 1. The number of carbonyl (C=O) groups is 4. The Bertz CT molecular complexity index is 901. The van der Waals surface area contributed by atoms with Crippen molar-refractivity contribution in [3.8, 4) is 0 Å². The topological polar surface area (TPSA) is 124 Å². The number of hydrogen-bond acceptors (Lipinski definition) is 11. The predicted molar refractivity (Wildman–Crippen MR) is 239 cm³/mol. The van der Waals surface area contributed by atoms with Gasteiger partial charge in [-0.25, -0.2) is 9.59 Å². The molecule has 0 aliphatic heterocycles. The van der Waals surface area contributed by atoms with Gasteiger partial charge in [0.15, 0.2) is 0 Å². The fourth-order valence-corrected chi connectivity index (χ4v) is 7.76. The Morgan fingerprint density at radius 2 is 0.860 bits per heavy atom. The Labute approximate surface area is 356 Å². The molecule has 13 heteroatoms. The van der Waals surface area contributed by atoms with Crippen molar-refractivity contribution in [2.75, 3.05) is 78.2 Å². The summed E-state index contributed by atoms with van der Waals surface area (Å²) in [4.78, 5) is 52.8. The summed E-state index contributed by atoms with van der Waals surface area (Å²) >= 11 is 0. The summed E-state index contributed by atoms with van der Waals surface area (Å²) < 4.78 is 21.7. The molecule has 0 aliphatic carbocycles. The van der Waals surface area contributed by atoms with Gasteiger partial charge in [0.25, 0.3) is 0 Å². The van der Waals surface area contributed by atoms with E-state index >= 15 is 0 Å². The van der Waals surface area contributed by atoms with E-state index in [9.17, 15) is 19.2 Å². The number of ether oxygens (including phenoxy) is 4. The second kappa shape index (κ2) is 43.7. The number of nitrogens with zero attached hydrogens (tertiary/aromatic N) is 2. The highest BCUT2D eigenvalue weighted by Crippen LogP contribution is 2.20. The van der Waals surface area contributed by atoms with Gasteiger partial charge >= 0.3 is 24.1 Å². The smallest absolute Gasteiger partial charge is 0.409 e. The summed E-state index contributed by atoms with van der Waals surface area (Å²) in [5.41, 5.74) is 0. The van der Waals surface area contributed by atoms with Gasteiger partial charge in [-0.15, -0.1) is 0 Å². The first kappa shape index (κ1) is 55.1. The lowest BCUT2D eigenvalue weighted by Gasteiger charge is -2.22. The number of unbranched alkanes of at least 4 members (excludes halogenated alkanes) is 20. The summed E-state index contributed by atoms with van der Waals surface area (Å²) in [5.74, 6) is 1.14. The summed E-state index contributed by atoms with van der Waals surface area (Å²) in [6.45, 7) is 8.79. The van der Waals surface area contributed by atoms with Crippen LogP contribution in [-0.2, 0) is 28.5 Å². The van der Waals surface area contributed by atoms with Crippen molar-refractivity contribution in [2.45, 2.75) is 181 Å². The lowest BCUT2D eigenvalue weighted by atomic mass is 10.1. The summed E-state index contributed by atoms with van der Waals surface area (Å²) in [7, 11) is 7.09. The van der Waals surface area contributed by atoms with Crippen molar-refractivity contribution in [1.29, 1.82) is 0 Å². The van der Waals surface area contributed by atoms with Crippen LogP contribution < -0.4 is 5.32 Å². The van der Waals surface area contributed by atoms with E-state index in [4.69, 9.17) is 18.9 Å². The zero-order valence-electron chi connectivity index (χ0n) is 36.9. The molecule has 0 radical (unpaired) electrons. The molecule has 336 valence electrons. The second-order valence-corrected chi connectivity index (χ2v) is 18.0. The van der Waals surface area contributed by atoms with Crippen LogP contribution in [0.15, 0.2) is 0 Å². The molecule has 57 heavy (non-hydrogen) atoms. The van der Waals surface area contributed by atoms with E-state index in [-0.39, 0.29) is 18.0 Å². The van der Waals surface area contributed by atoms with E-state index in [1.165, 1.54) is 64.2 Å². The summed E-state index contributed by atoms with van der Waals surface area (Å²) in [6, 6.07) is 0. The van der Waals surface area contributed by atoms with Crippen molar-refractivity contribution in [1.82, 2.24) is 15.1 Å². The van der Waals surface area contributed by atoms with Gasteiger partial charge in [0.2, 0.25) is 0 Å². The Hall–Kier alpha value is -1.86. The zero-order valence-corrected chi connectivity index (χ0v) is 38.6. The fraction of sp³-hybridized carbons (Fsp3) is 0.909. The highest BCUT2D eigenvalue weighted by Gasteiger charge is 2.15. The molecule has 0 atom stereocenters. The Morgan fingerprint density at radius 3 is 1.32 bits per heavy atom. The van der Waals surface area contributed by atoms with Gasteiger partial charge in [0, 0.05) is 50.5 Å². The molecule has 0 spiro atoms. The Morgan fingerprint density at radius 1 is 0.456 bits per heavy atom. The molecule has 0 heterocycles. The largest absolute Gasteiger partial charge is 0.466 e. The lowest BCUT2D eigenvalue weighted by Crippen LogP contribution is -2.34. The number of likely N-dealkylation sites (N-methyl/N-ethyl adjacent to an activating group) is 1. The minimum atomic E-state index is -0.403. The first-order valence-corrected chi connectivity index (χ1v) is 25.3. The van der Waals surface area contributed by atoms with Gasteiger partial charge in [-0.05, 0) is 52.6 Å². The quantitative estimate of drug-likeness (QED) is 0.0273. The zero-order chi connectivity index (χ0) is 41.9. The molecule has 0 rings (SSSR count). The van der Waals surface area contributed by atoms with Crippen LogP contribution in [0.1, 0.15) is 181 Å². The van der Waals surface area contributed by atoms with Crippen LogP contribution >= 0.6 is 21.6 Å². The lowest BCUT2D eigenvalue weighted by molar-refractivity contribution is -0.144. The number of esters is 2. The van der Waals surface area contributed by atoms with Gasteiger partial charge in [-0.2, -0.15) is 0 Å². The highest BCUT2D eigenvalue weighted by atomic mass is 33.1. The monoisotopic (exact) mass is 848 g/mol. The molecule has 0 aliphatic rings.